The van der Waals surface area contributed by atoms with Crippen molar-refractivity contribution < 1.29 is 8.79 Å². The maximum absolute atomic E-state index is 6.04. The lowest BCUT2D eigenvalue weighted by molar-refractivity contribution is -0.772. The summed E-state index contributed by atoms with van der Waals surface area (Å²) in [6.07, 6.45) is 2.06. The Bertz CT molecular complexity index is 627. The SMILES string of the molecule is [B][N+](C)(C)CCc1ccc(P([BH3-])c2ccc(CC[N+]([B])(C)C)cc2)cc1. The Morgan fingerprint density at radius 2 is 1.00 bits per heavy atom. The molecule has 6 heteroatoms. The van der Waals surface area contributed by atoms with E-state index >= 15 is 0 Å². The van der Waals surface area contributed by atoms with Crippen LogP contribution in [-0.4, -0.2) is 73.6 Å². The molecule has 0 aliphatic carbocycles. The Labute approximate surface area is 164 Å². The molecule has 0 bridgehead atoms. The first-order valence-corrected chi connectivity index (χ1v) is 9.63. The molecule has 0 spiro atoms. The summed E-state index contributed by atoms with van der Waals surface area (Å²) >= 11 is 0. The summed E-state index contributed by atoms with van der Waals surface area (Å²) in [5.41, 5.74) is 2.76. The molecule has 2 nitrogen and oxygen atoms in total. The molecule has 0 fully saturated rings. The highest BCUT2D eigenvalue weighted by molar-refractivity contribution is 7.94. The lowest BCUT2D eigenvalue weighted by atomic mass is 10.1. The first kappa shape index (κ1) is 21.3. The molecule has 2 rings (SSSR count). The molecule has 0 saturated carbocycles. The van der Waals surface area contributed by atoms with Crippen molar-refractivity contribution in [2.24, 2.45) is 0 Å². The fourth-order valence-corrected chi connectivity index (χ4v) is 3.35. The number of quaternary nitrogens is 2. The summed E-state index contributed by atoms with van der Waals surface area (Å²) in [5.74, 6) is 0. The van der Waals surface area contributed by atoms with Gasteiger partial charge in [0, 0.05) is 41.0 Å². The van der Waals surface area contributed by atoms with Crippen LogP contribution in [0.2, 0.25) is 0 Å². The van der Waals surface area contributed by atoms with Gasteiger partial charge < -0.3 is 8.79 Å². The van der Waals surface area contributed by atoms with Gasteiger partial charge in [-0.2, -0.15) is 0 Å². The average Bonchev–Trinajstić information content (AvgIpc) is 2.57. The molecule has 0 N–H and O–H groups in total. The van der Waals surface area contributed by atoms with E-state index in [-0.39, 0.29) is 15.4 Å². The van der Waals surface area contributed by atoms with Crippen molar-refractivity contribution in [2.45, 2.75) is 12.8 Å². The van der Waals surface area contributed by atoms with E-state index in [0.29, 0.717) is 8.79 Å². The number of rotatable bonds is 8. The third kappa shape index (κ3) is 7.31. The predicted octanol–water partition coefficient (Wildman–Crippen LogP) is 0.804. The first-order valence-electron chi connectivity index (χ1n) is 8.73. The van der Waals surface area contributed by atoms with Crippen LogP contribution in [0.25, 0.3) is 0 Å². The van der Waals surface area contributed by atoms with Crippen LogP contribution in [0.1, 0.15) is 11.1 Å². The van der Waals surface area contributed by atoms with Crippen LogP contribution in [0.5, 0.6) is 0 Å². The van der Waals surface area contributed by atoms with E-state index in [2.05, 4.69) is 48.5 Å². The van der Waals surface area contributed by atoms with Crippen LogP contribution >= 0.6 is 7.80 Å². The van der Waals surface area contributed by atoms with E-state index in [4.69, 9.17) is 16.0 Å². The van der Waals surface area contributed by atoms with Gasteiger partial charge in [-0.1, -0.05) is 59.1 Å². The Morgan fingerprint density at radius 3 is 1.27 bits per heavy atom. The number of hydrogen-bond acceptors (Lipinski definition) is 0. The minimum Gasteiger partial charge on any atom is -0.401 e. The van der Waals surface area contributed by atoms with Crippen LogP contribution in [0.3, 0.4) is 0 Å². The predicted molar refractivity (Wildman–Crippen MR) is 122 cm³/mol. The highest BCUT2D eigenvalue weighted by Gasteiger charge is 2.10. The van der Waals surface area contributed by atoms with Crippen LogP contribution in [0.4, 0.5) is 0 Å². The average molecular weight is 363 g/mol. The molecular formula is C20H31B3N2P+. The molecule has 2 aromatic carbocycles. The van der Waals surface area contributed by atoms with Gasteiger partial charge in [-0.05, 0) is 18.7 Å². The second kappa shape index (κ2) is 8.78. The van der Waals surface area contributed by atoms with E-state index in [9.17, 15) is 0 Å². The second-order valence-corrected chi connectivity index (χ2v) is 9.21. The summed E-state index contributed by atoms with van der Waals surface area (Å²) in [4.78, 5) is 0. The summed E-state index contributed by atoms with van der Waals surface area (Å²) < 4.78 is 1.04. The maximum atomic E-state index is 6.04. The third-order valence-corrected chi connectivity index (χ3v) is 5.20. The Kier molecular flexibility index (Phi) is 7.19. The van der Waals surface area contributed by atoms with Crippen LogP contribution in [0.15, 0.2) is 48.5 Å². The zero-order chi connectivity index (χ0) is 19.4. The van der Waals surface area contributed by atoms with Crippen molar-refractivity contribution in [3.8, 4) is 0 Å². The van der Waals surface area contributed by atoms with E-state index in [0.717, 1.165) is 25.9 Å². The quantitative estimate of drug-likeness (QED) is 0.481. The van der Waals surface area contributed by atoms with E-state index in [1.807, 2.05) is 28.2 Å². The van der Waals surface area contributed by atoms with Crippen LogP contribution in [-0.2, 0) is 12.8 Å². The smallest absolute Gasteiger partial charge is 0.401 e. The van der Waals surface area contributed by atoms with Gasteiger partial charge in [0.1, 0.15) is 0 Å². The van der Waals surface area contributed by atoms with E-state index in [1.54, 1.807) is 0 Å². The van der Waals surface area contributed by atoms with Gasteiger partial charge in [0.05, 0.1) is 13.1 Å². The van der Waals surface area contributed by atoms with Crippen molar-refractivity contribution in [1.29, 1.82) is 0 Å². The standard InChI is InChI=1S/C20H31B3N2P/c1-24(2,21)15-13-17-5-9-19(10-6-17)26(23)20-11-7-18(8-12-20)14-16-25(3,4)22/h5-12H,13-16H2,1-4,23H3/q+1. The van der Waals surface area contributed by atoms with Gasteiger partial charge in [0.25, 0.3) is 0 Å². The molecule has 0 saturated heterocycles. The molecular weight excluding hydrogens is 332 g/mol. The Balaban J connectivity index is 1.98. The molecule has 0 amide bonds. The van der Waals surface area contributed by atoms with Gasteiger partial charge in [0.2, 0.25) is 0 Å². The molecule has 26 heavy (non-hydrogen) atoms. The van der Waals surface area contributed by atoms with Gasteiger partial charge >= 0.3 is 16.0 Å². The molecule has 0 aromatic heterocycles. The lowest BCUT2D eigenvalue weighted by Crippen LogP contribution is -2.38. The zero-order valence-electron chi connectivity index (χ0n) is 15.9. The first-order chi connectivity index (χ1) is 12.0. The lowest BCUT2D eigenvalue weighted by Gasteiger charge is -2.25. The molecule has 0 atom stereocenters. The molecule has 134 valence electrons. The van der Waals surface area contributed by atoms with Crippen molar-refractivity contribution in [1.82, 2.24) is 0 Å². The van der Waals surface area contributed by atoms with Crippen molar-refractivity contribution in [2.75, 3.05) is 41.3 Å². The fraction of sp³-hybridized carbons (Fsp3) is 0.400. The Morgan fingerprint density at radius 1 is 0.692 bits per heavy atom. The normalized spacial score (nSPS) is 12.5. The van der Waals surface area contributed by atoms with Crippen molar-refractivity contribution >= 4 is 41.9 Å². The van der Waals surface area contributed by atoms with Crippen molar-refractivity contribution in [3.05, 3.63) is 59.7 Å². The monoisotopic (exact) mass is 363 g/mol. The van der Waals surface area contributed by atoms with Crippen molar-refractivity contribution in [3.63, 3.8) is 0 Å². The number of hydrogen-bond donors (Lipinski definition) is 0. The van der Waals surface area contributed by atoms with Gasteiger partial charge in [-0.3, -0.25) is 0 Å². The summed E-state index contributed by atoms with van der Waals surface area (Å²) in [7, 11) is 20.4. The summed E-state index contributed by atoms with van der Waals surface area (Å²) in [6, 6.07) is 18.5. The van der Waals surface area contributed by atoms with E-state index < -0.39 is 0 Å². The number of benzene rings is 2. The number of nitrogens with zero attached hydrogens (tertiary/aromatic N) is 2. The van der Waals surface area contributed by atoms with Gasteiger partial charge in [-0.25, -0.2) is 7.80 Å². The van der Waals surface area contributed by atoms with Gasteiger partial charge in [0.15, 0.2) is 0 Å². The van der Waals surface area contributed by atoms with Crippen LogP contribution in [0, 0.1) is 0 Å². The molecule has 0 aliphatic heterocycles. The molecule has 2 aromatic rings. The minimum absolute atomic E-state index is 0.0664. The number of likely N-dealkylation sites (N-methyl/N-ethyl adjacent to an activating group) is 2. The molecule has 0 aliphatic rings. The molecule has 4 radical (unpaired) electrons. The van der Waals surface area contributed by atoms with E-state index in [1.165, 1.54) is 21.7 Å². The topological polar surface area (TPSA) is 0 Å². The highest BCUT2D eigenvalue weighted by Crippen LogP contribution is 2.27. The maximum Gasteiger partial charge on any atom is 0.480 e. The highest BCUT2D eigenvalue weighted by atomic mass is 31.1. The largest absolute Gasteiger partial charge is 0.480 e. The van der Waals surface area contributed by atoms with Gasteiger partial charge in [-0.15, -0.1) is 0 Å². The molecule has 0 unspecified atom stereocenters. The zero-order valence-corrected chi connectivity index (χ0v) is 16.8. The second-order valence-electron chi connectivity index (χ2n) is 7.95. The Hall–Kier alpha value is -1.02. The fourth-order valence-electron chi connectivity index (χ4n) is 2.46. The summed E-state index contributed by atoms with van der Waals surface area (Å²) in [5, 5.41) is 3.05. The minimum atomic E-state index is -0.0664. The third-order valence-electron chi connectivity index (χ3n) is 4.08. The summed E-state index contributed by atoms with van der Waals surface area (Å²) in [6.45, 7) is 1.92. The molecule has 0 heterocycles. The van der Waals surface area contributed by atoms with Crippen LogP contribution < -0.4 is 10.6 Å².